The number of benzene rings is 1. The summed E-state index contributed by atoms with van der Waals surface area (Å²) in [6, 6.07) is 9.37. The van der Waals surface area contributed by atoms with Crippen LogP contribution in [0.25, 0.3) is 0 Å². The lowest BCUT2D eigenvalue weighted by Crippen LogP contribution is -2.53. The quantitative estimate of drug-likeness (QED) is 0.896. The van der Waals surface area contributed by atoms with Crippen molar-refractivity contribution in [2.75, 3.05) is 45.2 Å². The van der Waals surface area contributed by atoms with Crippen molar-refractivity contribution in [3.63, 3.8) is 0 Å². The summed E-state index contributed by atoms with van der Waals surface area (Å²) in [5.74, 6) is 0.570. The van der Waals surface area contributed by atoms with Crippen LogP contribution in [0.2, 0.25) is 0 Å². The molecule has 1 heterocycles. The lowest BCUT2D eigenvalue weighted by molar-refractivity contribution is 0.204. The summed E-state index contributed by atoms with van der Waals surface area (Å²) in [6.07, 6.45) is 0. The van der Waals surface area contributed by atoms with Crippen molar-refractivity contribution in [3.8, 4) is 0 Å². The maximum absolute atomic E-state index is 3.49. The highest BCUT2D eigenvalue weighted by Gasteiger charge is 2.21. The Morgan fingerprint density at radius 3 is 2.79 bits per heavy atom. The summed E-state index contributed by atoms with van der Waals surface area (Å²) >= 11 is 0. The lowest BCUT2D eigenvalue weighted by Gasteiger charge is -2.37. The Hall–Kier alpha value is -1.06. The Bertz CT molecular complexity index is 403. The first-order valence-electron chi connectivity index (χ1n) is 7.30. The van der Waals surface area contributed by atoms with E-state index < -0.39 is 0 Å². The van der Waals surface area contributed by atoms with Gasteiger partial charge in [0.15, 0.2) is 0 Å². The number of piperazine rings is 1. The smallest absolute Gasteiger partial charge is 0.0399 e. The number of para-hydroxylation sites is 1. The van der Waals surface area contributed by atoms with Crippen LogP contribution in [0.5, 0.6) is 0 Å². The zero-order valence-corrected chi connectivity index (χ0v) is 12.7. The van der Waals surface area contributed by atoms with E-state index in [0.717, 1.165) is 26.2 Å². The van der Waals surface area contributed by atoms with Gasteiger partial charge in [0.1, 0.15) is 0 Å². The largest absolute Gasteiger partial charge is 0.373 e. The zero-order valence-electron chi connectivity index (χ0n) is 12.7. The van der Waals surface area contributed by atoms with Gasteiger partial charge in [-0.3, -0.25) is 4.90 Å². The highest BCUT2D eigenvalue weighted by Crippen LogP contribution is 2.26. The van der Waals surface area contributed by atoms with Crippen molar-refractivity contribution in [2.45, 2.75) is 25.8 Å². The van der Waals surface area contributed by atoms with E-state index in [2.05, 4.69) is 67.3 Å². The molecule has 1 aromatic rings. The molecule has 106 valence electrons. The first kappa shape index (κ1) is 14.4. The van der Waals surface area contributed by atoms with Gasteiger partial charge in [-0.2, -0.15) is 0 Å². The molecule has 0 aromatic heterocycles. The third-order valence-electron chi connectivity index (χ3n) is 4.10. The normalized spacial score (nSPS) is 20.8. The fourth-order valence-electron chi connectivity index (χ4n) is 2.80. The topological polar surface area (TPSA) is 18.5 Å². The van der Waals surface area contributed by atoms with Crippen molar-refractivity contribution >= 4 is 5.69 Å². The number of hydrogen-bond acceptors (Lipinski definition) is 3. The minimum absolute atomic E-state index is 0.570. The van der Waals surface area contributed by atoms with Gasteiger partial charge in [0.2, 0.25) is 0 Å². The van der Waals surface area contributed by atoms with E-state index in [1.165, 1.54) is 11.3 Å². The fraction of sp³-hybridized carbons (Fsp3) is 0.625. The predicted molar refractivity (Wildman–Crippen MR) is 83.1 cm³/mol. The highest BCUT2D eigenvalue weighted by atomic mass is 15.2. The first-order valence-corrected chi connectivity index (χ1v) is 7.30. The molecular weight excluding hydrogens is 234 g/mol. The highest BCUT2D eigenvalue weighted by molar-refractivity contribution is 5.54. The van der Waals surface area contributed by atoms with E-state index in [0.29, 0.717) is 12.0 Å². The summed E-state index contributed by atoms with van der Waals surface area (Å²) in [4.78, 5) is 4.87. The molecule has 0 bridgehead atoms. The second-order valence-corrected chi connectivity index (χ2v) is 5.93. The molecule has 0 amide bonds. The van der Waals surface area contributed by atoms with Crippen LogP contribution in [0, 0.1) is 0 Å². The number of hydrogen-bond donors (Lipinski definition) is 1. The summed E-state index contributed by atoms with van der Waals surface area (Å²) in [5, 5.41) is 3.49. The van der Waals surface area contributed by atoms with Crippen LogP contribution in [-0.2, 0) is 0 Å². The third kappa shape index (κ3) is 3.48. The minimum atomic E-state index is 0.570. The Kier molecular flexibility index (Phi) is 4.83. The van der Waals surface area contributed by atoms with Gasteiger partial charge in [0.05, 0.1) is 0 Å². The molecule has 19 heavy (non-hydrogen) atoms. The van der Waals surface area contributed by atoms with Crippen molar-refractivity contribution in [1.29, 1.82) is 0 Å². The second-order valence-electron chi connectivity index (χ2n) is 5.93. The first-order chi connectivity index (χ1) is 9.09. The van der Waals surface area contributed by atoms with Crippen LogP contribution >= 0.6 is 0 Å². The third-order valence-corrected chi connectivity index (χ3v) is 4.10. The minimum Gasteiger partial charge on any atom is -0.373 e. The van der Waals surface area contributed by atoms with E-state index in [4.69, 9.17) is 0 Å². The number of rotatable bonds is 4. The van der Waals surface area contributed by atoms with Crippen LogP contribution in [0.1, 0.15) is 25.3 Å². The Balaban J connectivity index is 2.09. The Labute approximate surface area is 117 Å². The van der Waals surface area contributed by atoms with Gasteiger partial charge in [0.25, 0.3) is 0 Å². The van der Waals surface area contributed by atoms with Gasteiger partial charge in [-0.25, -0.2) is 0 Å². The van der Waals surface area contributed by atoms with Gasteiger partial charge < -0.3 is 10.2 Å². The van der Waals surface area contributed by atoms with Gasteiger partial charge in [-0.15, -0.1) is 0 Å². The van der Waals surface area contributed by atoms with Crippen LogP contribution in [0.4, 0.5) is 5.69 Å². The molecule has 0 radical (unpaired) electrons. The van der Waals surface area contributed by atoms with E-state index in [-0.39, 0.29) is 0 Å². The average Bonchev–Trinajstić information content (AvgIpc) is 2.41. The molecule has 1 aromatic carbocycles. The molecule has 3 nitrogen and oxygen atoms in total. The molecule has 3 heteroatoms. The lowest BCUT2D eigenvalue weighted by atomic mass is 10.0. The van der Waals surface area contributed by atoms with Crippen molar-refractivity contribution in [3.05, 3.63) is 29.8 Å². The molecular formula is C16H27N3. The molecule has 1 aliphatic heterocycles. The van der Waals surface area contributed by atoms with Crippen LogP contribution < -0.4 is 10.2 Å². The van der Waals surface area contributed by atoms with Crippen molar-refractivity contribution < 1.29 is 0 Å². The summed E-state index contributed by atoms with van der Waals surface area (Å²) < 4.78 is 0. The maximum atomic E-state index is 3.49. The monoisotopic (exact) mass is 261 g/mol. The Morgan fingerprint density at radius 2 is 2.11 bits per heavy atom. The average molecular weight is 261 g/mol. The fourth-order valence-corrected chi connectivity index (χ4v) is 2.80. The van der Waals surface area contributed by atoms with Gasteiger partial charge in [-0.1, -0.05) is 32.0 Å². The molecule has 1 fully saturated rings. The number of likely N-dealkylation sites (N-methyl/N-ethyl adjacent to an activating group) is 2. The van der Waals surface area contributed by atoms with Gasteiger partial charge in [0, 0.05) is 45.0 Å². The molecule has 0 aliphatic carbocycles. The molecule has 1 unspecified atom stereocenters. The van der Waals surface area contributed by atoms with E-state index in [1.807, 2.05) is 0 Å². The zero-order chi connectivity index (χ0) is 13.8. The van der Waals surface area contributed by atoms with Crippen molar-refractivity contribution in [2.24, 2.45) is 0 Å². The number of anilines is 1. The van der Waals surface area contributed by atoms with Crippen LogP contribution in [0.15, 0.2) is 24.3 Å². The molecule has 1 saturated heterocycles. The SMILES string of the molecule is CC(C)c1ccccc1N(C)CC1CNCCN1C. The van der Waals surface area contributed by atoms with Crippen molar-refractivity contribution in [1.82, 2.24) is 10.2 Å². The van der Waals surface area contributed by atoms with Gasteiger partial charge >= 0.3 is 0 Å². The number of nitrogens with zero attached hydrogens (tertiary/aromatic N) is 2. The predicted octanol–water partition coefficient (Wildman–Crippen LogP) is 2.15. The van der Waals surface area contributed by atoms with E-state index in [9.17, 15) is 0 Å². The van der Waals surface area contributed by atoms with Crippen LogP contribution in [-0.4, -0.2) is 51.2 Å². The molecule has 0 spiro atoms. The summed E-state index contributed by atoms with van der Waals surface area (Å²) in [7, 11) is 4.44. The summed E-state index contributed by atoms with van der Waals surface area (Å²) in [5.41, 5.74) is 2.81. The molecule has 1 atom stereocenters. The standard InChI is InChI=1S/C16H27N3/c1-13(2)15-7-5-6-8-16(15)19(4)12-14-11-17-9-10-18(14)3/h5-8,13-14,17H,9-12H2,1-4H3. The molecule has 0 saturated carbocycles. The molecule has 1 aliphatic rings. The second kappa shape index (κ2) is 6.40. The maximum Gasteiger partial charge on any atom is 0.0399 e. The number of nitrogens with one attached hydrogen (secondary N) is 1. The van der Waals surface area contributed by atoms with E-state index >= 15 is 0 Å². The molecule has 1 N–H and O–H groups in total. The van der Waals surface area contributed by atoms with Gasteiger partial charge in [-0.05, 0) is 24.6 Å². The Morgan fingerprint density at radius 1 is 1.37 bits per heavy atom. The summed E-state index contributed by atoms with van der Waals surface area (Å²) in [6.45, 7) is 8.95. The molecule has 2 rings (SSSR count). The van der Waals surface area contributed by atoms with Crippen LogP contribution in [0.3, 0.4) is 0 Å². The van der Waals surface area contributed by atoms with E-state index in [1.54, 1.807) is 0 Å².